The molecule has 0 saturated carbocycles. The highest BCUT2D eigenvalue weighted by molar-refractivity contribution is 6.33. The lowest BCUT2D eigenvalue weighted by Crippen LogP contribution is -2.37. The Labute approximate surface area is 182 Å². The van der Waals surface area contributed by atoms with Crippen LogP contribution in [-0.4, -0.2) is 31.9 Å². The predicted octanol–water partition coefficient (Wildman–Crippen LogP) is 6.02. The molecule has 3 heterocycles. The van der Waals surface area contributed by atoms with E-state index in [0.717, 1.165) is 49.2 Å². The molecule has 0 unspecified atom stereocenters. The predicted molar refractivity (Wildman–Crippen MR) is 123 cm³/mol. The van der Waals surface area contributed by atoms with E-state index in [2.05, 4.69) is 43.9 Å². The number of benzene rings is 2. The molecular formula is C25H27ClN2O2. The van der Waals surface area contributed by atoms with Gasteiger partial charge in [-0.25, -0.2) is 0 Å². The maximum absolute atomic E-state index is 6.55. The number of fused-ring (bicyclic) bond motifs is 3. The summed E-state index contributed by atoms with van der Waals surface area (Å²) < 4.78 is 11.2. The molecule has 2 aliphatic rings. The van der Waals surface area contributed by atoms with Gasteiger partial charge < -0.3 is 14.4 Å². The van der Waals surface area contributed by atoms with Gasteiger partial charge in [-0.1, -0.05) is 23.7 Å². The van der Waals surface area contributed by atoms with Gasteiger partial charge >= 0.3 is 0 Å². The van der Waals surface area contributed by atoms with Gasteiger partial charge in [0.05, 0.1) is 23.3 Å². The molecule has 4 nitrogen and oxygen atoms in total. The Morgan fingerprint density at radius 3 is 2.60 bits per heavy atom. The van der Waals surface area contributed by atoms with Crippen molar-refractivity contribution in [2.45, 2.75) is 39.0 Å². The van der Waals surface area contributed by atoms with Crippen LogP contribution in [0.1, 0.15) is 35.2 Å². The van der Waals surface area contributed by atoms with Gasteiger partial charge in [-0.2, -0.15) is 0 Å². The fourth-order valence-corrected chi connectivity index (χ4v) is 5.38. The Balaban J connectivity index is 1.77. The van der Waals surface area contributed by atoms with E-state index in [4.69, 9.17) is 26.1 Å². The molecule has 0 amide bonds. The van der Waals surface area contributed by atoms with Gasteiger partial charge in [-0.3, -0.25) is 4.98 Å². The third-order valence-corrected chi connectivity index (χ3v) is 7.20. The summed E-state index contributed by atoms with van der Waals surface area (Å²) in [7, 11) is 1.64. The Morgan fingerprint density at radius 1 is 1.10 bits per heavy atom. The molecule has 0 bridgehead atoms. The van der Waals surface area contributed by atoms with Crippen molar-refractivity contribution in [1.29, 1.82) is 0 Å². The van der Waals surface area contributed by atoms with Crippen LogP contribution >= 0.6 is 11.6 Å². The van der Waals surface area contributed by atoms with Crippen molar-refractivity contribution in [3.8, 4) is 5.75 Å². The van der Waals surface area contributed by atoms with Crippen molar-refractivity contribution in [3.63, 3.8) is 0 Å². The minimum atomic E-state index is 0.132. The van der Waals surface area contributed by atoms with Crippen LogP contribution in [0.3, 0.4) is 0 Å². The molecule has 1 aromatic heterocycles. The first-order chi connectivity index (χ1) is 14.4. The van der Waals surface area contributed by atoms with Crippen molar-refractivity contribution in [2.75, 3.05) is 31.8 Å². The molecule has 2 aromatic carbocycles. The Morgan fingerprint density at radius 2 is 1.87 bits per heavy atom. The molecule has 1 spiro atoms. The lowest BCUT2D eigenvalue weighted by molar-refractivity contribution is 0.0558. The summed E-state index contributed by atoms with van der Waals surface area (Å²) in [6, 6.07) is 10.9. The molecule has 30 heavy (non-hydrogen) atoms. The fraction of sp³-hybridized carbons (Fsp3) is 0.400. The van der Waals surface area contributed by atoms with E-state index in [-0.39, 0.29) is 5.41 Å². The van der Waals surface area contributed by atoms with Crippen LogP contribution in [-0.2, 0) is 10.2 Å². The van der Waals surface area contributed by atoms with Crippen LogP contribution in [0, 0.1) is 20.8 Å². The number of ether oxygens (including phenoxy) is 2. The average molecular weight is 423 g/mol. The van der Waals surface area contributed by atoms with Gasteiger partial charge in [0, 0.05) is 48.0 Å². The van der Waals surface area contributed by atoms with Crippen LogP contribution < -0.4 is 9.64 Å². The summed E-state index contributed by atoms with van der Waals surface area (Å²) in [5.41, 5.74) is 8.50. The van der Waals surface area contributed by atoms with Crippen molar-refractivity contribution in [1.82, 2.24) is 4.98 Å². The van der Waals surface area contributed by atoms with Crippen molar-refractivity contribution in [3.05, 3.63) is 57.7 Å². The van der Waals surface area contributed by atoms with E-state index in [1.54, 1.807) is 7.11 Å². The second kappa shape index (κ2) is 7.14. The van der Waals surface area contributed by atoms with Gasteiger partial charge in [0.25, 0.3) is 0 Å². The number of nitrogens with zero attached hydrogens (tertiary/aromatic N) is 2. The number of hydrogen-bond donors (Lipinski definition) is 0. The smallest absolute Gasteiger partial charge is 0.139 e. The van der Waals surface area contributed by atoms with Crippen LogP contribution in [0.2, 0.25) is 5.02 Å². The zero-order valence-electron chi connectivity index (χ0n) is 18.0. The maximum atomic E-state index is 6.55. The minimum Gasteiger partial charge on any atom is -0.495 e. The van der Waals surface area contributed by atoms with Gasteiger partial charge in [0.2, 0.25) is 0 Å². The summed E-state index contributed by atoms with van der Waals surface area (Å²) in [5.74, 6) is 0.657. The zero-order chi connectivity index (χ0) is 21.0. The summed E-state index contributed by atoms with van der Waals surface area (Å²) in [6.07, 6.45) is 2.10. The molecule has 1 fully saturated rings. The van der Waals surface area contributed by atoms with Crippen molar-refractivity contribution >= 4 is 33.9 Å². The third kappa shape index (κ3) is 2.89. The number of rotatable bonds is 2. The van der Waals surface area contributed by atoms with E-state index in [0.29, 0.717) is 10.8 Å². The standard InChI is InChI=1S/C25H27ClN2O2/c1-15-5-6-19-22(11-15)28(14-25(19)7-9-30-10-8-25)24-16(2)17(3)27-21-13-23(29-4)20(26)12-18(21)24/h5-6,11-13H,7-10,14H2,1-4H3. The molecule has 5 heteroatoms. The normalized spacial score (nSPS) is 17.6. The summed E-state index contributed by atoms with van der Waals surface area (Å²) >= 11 is 6.55. The molecule has 0 aliphatic carbocycles. The number of pyridine rings is 1. The van der Waals surface area contributed by atoms with Gasteiger partial charge in [0.1, 0.15) is 5.75 Å². The van der Waals surface area contributed by atoms with Gasteiger partial charge in [0.15, 0.2) is 0 Å². The number of anilines is 2. The lowest BCUT2D eigenvalue weighted by Gasteiger charge is -2.35. The van der Waals surface area contributed by atoms with E-state index >= 15 is 0 Å². The van der Waals surface area contributed by atoms with Crippen molar-refractivity contribution in [2.24, 2.45) is 0 Å². The minimum absolute atomic E-state index is 0.132. The number of hydrogen-bond acceptors (Lipinski definition) is 4. The number of aromatic nitrogens is 1. The van der Waals surface area contributed by atoms with Crippen molar-refractivity contribution < 1.29 is 9.47 Å². The lowest BCUT2D eigenvalue weighted by atomic mass is 9.76. The average Bonchev–Trinajstić information content (AvgIpc) is 3.02. The zero-order valence-corrected chi connectivity index (χ0v) is 18.8. The second-order valence-corrected chi connectivity index (χ2v) is 9.08. The molecule has 1 saturated heterocycles. The van der Waals surface area contributed by atoms with Crippen LogP contribution in [0.15, 0.2) is 30.3 Å². The molecule has 0 atom stereocenters. The monoisotopic (exact) mass is 422 g/mol. The quantitative estimate of drug-likeness (QED) is 0.505. The van der Waals surface area contributed by atoms with E-state index in [1.807, 2.05) is 12.1 Å². The fourth-order valence-electron chi connectivity index (χ4n) is 5.14. The SMILES string of the molecule is COc1cc2nc(C)c(C)c(N3CC4(CCOCC4)c4ccc(C)cc43)c2cc1Cl. The topological polar surface area (TPSA) is 34.6 Å². The van der Waals surface area contributed by atoms with Crippen LogP contribution in [0.4, 0.5) is 11.4 Å². The summed E-state index contributed by atoms with van der Waals surface area (Å²) in [6.45, 7) is 9.01. The number of methoxy groups -OCH3 is 1. The summed E-state index contributed by atoms with van der Waals surface area (Å²) in [4.78, 5) is 7.35. The highest BCUT2D eigenvalue weighted by Gasteiger charge is 2.44. The largest absolute Gasteiger partial charge is 0.495 e. The van der Waals surface area contributed by atoms with E-state index in [1.165, 1.54) is 28.1 Å². The van der Waals surface area contributed by atoms with Gasteiger partial charge in [-0.15, -0.1) is 0 Å². The number of aryl methyl sites for hydroxylation is 2. The highest BCUT2D eigenvalue weighted by Crippen LogP contribution is 2.52. The molecule has 5 rings (SSSR count). The second-order valence-electron chi connectivity index (χ2n) is 8.67. The first kappa shape index (κ1) is 19.7. The maximum Gasteiger partial charge on any atom is 0.139 e. The molecule has 3 aromatic rings. The first-order valence-electron chi connectivity index (χ1n) is 10.5. The van der Waals surface area contributed by atoms with Crippen LogP contribution in [0.25, 0.3) is 10.9 Å². The van der Waals surface area contributed by atoms with E-state index in [9.17, 15) is 0 Å². The molecule has 0 N–H and O–H groups in total. The molecule has 156 valence electrons. The third-order valence-electron chi connectivity index (χ3n) is 6.91. The molecular weight excluding hydrogens is 396 g/mol. The number of halogens is 1. The Hall–Kier alpha value is -2.30. The van der Waals surface area contributed by atoms with Crippen LogP contribution in [0.5, 0.6) is 5.75 Å². The van der Waals surface area contributed by atoms with E-state index < -0.39 is 0 Å². The Kier molecular flexibility index (Phi) is 4.68. The summed E-state index contributed by atoms with van der Waals surface area (Å²) in [5, 5.41) is 1.68. The van der Waals surface area contributed by atoms with Gasteiger partial charge in [-0.05, 0) is 62.4 Å². The first-order valence-corrected chi connectivity index (χ1v) is 10.9. The highest BCUT2D eigenvalue weighted by atomic mass is 35.5. The molecule has 0 radical (unpaired) electrons. The Bertz CT molecular complexity index is 1150. The molecule has 2 aliphatic heterocycles.